The van der Waals surface area contributed by atoms with E-state index in [0.29, 0.717) is 5.92 Å². The third-order valence-corrected chi connectivity index (χ3v) is 2.07. The topological polar surface area (TPSA) is 9.23 Å². The van der Waals surface area contributed by atoms with Crippen LogP contribution in [-0.2, 0) is 0 Å². The van der Waals surface area contributed by atoms with Crippen LogP contribution in [0.25, 0.3) is 0 Å². The van der Waals surface area contributed by atoms with E-state index in [1.165, 1.54) is 12.8 Å². The molecule has 13 heavy (non-hydrogen) atoms. The third-order valence-electron chi connectivity index (χ3n) is 2.07. The molecule has 0 atom stereocenters. The van der Waals surface area contributed by atoms with Gasteiger partial charge < -0.3 is 4.74 Å². The van der Waals surface area contributed by atoms with E-state index in [0.717, 1.165) is 11.3 Å². The molecule has 66 valence electrons. The molecule has 0 aliphatic heterocycles. The Morgan fingerprint density at radius 1 is 1.38 bits per heavy atom. The summed E-state index contributed by atoms with van der Waals surface area (Å²) in [4.78, 5) is 0. The predicted molar refractivity (Wildman–Crippen MR) is 52.6 cm³/mol. The molecule has 0 heterocycles. The molecular formula is C12H12O. The molecule has 0 amide bonds. The van der Waals surface area contributed by atoms with Crippen molar-refractivity contribution in [1.29, 1.82) is 0 Å². The van der Waals surface area contributed by atoms with Gasteiger partial charge in [-0.2, -0.15) is 0 Å². The van der Waals surface area contributed by atoms with Gasteiger partial charge in [0.1, 0.15) is 5.75 Å². The zero-order valence-corrected chi connectivity index (χ0v) is 7.71. The molecular weight excluding hydrogens is 160 g/mol. The highest BCUT2D eigenvalue weighted by Crippen LogP contribution is 2.27. The lowest BCUT2D eigenvalue weighted by atomic mass is 10.2. The van der Waals surface area contributed by atoms with Gasteiger partial charge in [0.15, 0.2) is 0 Å². The quantitative estimate of drug-likeness (QED) is 0.591. The first-order valence-electron chi connectivity index (χ1n) is 4.54. The van der Waals surface area contributed by atoms with E-state index >= 15 is 0 Å². The maximum Gasteiger partial charge on any atom is 0.120 e. The largest absolute Gasteiger partial charge is 0.497 e. The number of ether oxygens (including phenoxy) is 1. The Labute approximate surface area is 78.7 Å². The van der Waals surface area contributed by atoms with Crippen molar-refractivity contribution < 1.29 is 4.74 Å². The van der Waals surface area contributed by atoms with Gasteiger partial charge in [-0.15, -0.1) is 0 Å². The van der Waals surface area contributed by atoms with Crippen molar-refractivity contribution in [3.63, 3.8) is 0 Å². The summed E-state index contributed by atoms with van der Waals surface area (Å²) < 4.78 is 5.11. The molecule has 0 N–H and O–H groups in total. The van der Waals surface area contributed by atoms with Gasteiger partial charge in [-0.3, -0.25) is 0 Å². The van der Waals surface area contributed by atoms with Gasteiger partial charge in [-0.05, 0) is 31.0 Å². The van der Waals surface area contributed by atoms with Gasteiger partial charge in [0.25, 0.3) is 0 Å². The van der Waals surface area contributed by atoms with Crippen LogP contribution in [0.1, 0.15) is 18.4 Å². The second kappa shape index (κ2) is 3.53. The second-order valence-corrected chi connectivity index (χ2v) is 3.28. The summed E-state index contributed by atoms with van der Waals surface area (Å²) in [5.41, 5.74) is 1.05. The van der Waals surface area contributed by atoms with Crippen LogP contribution in [0.5, 0.6) is 5.75 Å². The van der Waals surface area contributed by atoms with Crippen LogP contribution in [0, 0.1) is 17.8 Å². The Kier molecular flexibility index (Phi) is 2.23. The van der Waals surface area contributed by atoms with Crippen molar-refractivity contribution >= 4 is 0 Å². The van der Waals surface area contributed by atoms with Crippen LogP contribution in [0.4, 0.5) is 0 Å². The fourth-order valence-electron chi connectivity index (χ4n) is 1.11. The fraction of sp³-hybridized carbons (Fsp3) is 0.333. The molecule has 2 rings (SSSR count). The lowest BCUT2D eigenvalue weighted by Gasteiger charge is -1.97. The monoisotopic (exact) mass is 172 g/mol. The minimum atomic E-state index is 0.659. The van der Waals surface area contributed by atoms with E-state index in [4.69, 9.17) is 4.74 Å². The van der Waals surface area contributed by atoms with Gasteiger partial charge in [0.05, 0.1) is 7.11 Å². The summed E-state index contributed by atoms with van der Waals surface area (Å²) in [5.74, 6) is 7.91. The number of rotatable bonds is 1. The molecule has 1 fully saturated rings. The van der Waals surface area contributed by atoms with Crippen molar-refractivity contribution in [2.45, 2.75) is 12.8 Å². The van der Waals surface area contributed by atoms with Crippen molar-refractivity contribution in [1.82, 2.24) is 0 Å². The Morgan fingerprint density at radius 2 is 2.23 bits per heavy atom. The number of methoxy groups -OCH3 is 1. The lowest BCUT2D eigenvalue weighted by Crippen LogP contribution is -1.82. The first-order chi connectivity index (χ1) is 6.38. The average Bonchev–Trinajstić information content (AvgIpc) is 2.99. The van der Waals surface area contributed by atoms with Crippen LogP contribution >= 0.6 is 0 Å². The van der Waals surface area contributed by atoms with E-state index in [9.17, 15) is 0 Å². The van der Waals surface area contributed by atoms with E-state index in [-0.39, 0.29) is 0 Å². The molecule has 1 aromatic rings. The molecule has 0 unspecified atom stereocenters. The first kappa shape index (κ1) is 8.19. The van der Waals surface area contributed by atoms with Gasteiger partial charge in [0, 0.05) is 11.5 Å². The maximum atomic E-state index is 5.11. The molecule has 1 saturated carbocycles. The molecule has 1 heteroatoms. The van der Waals surface area contributed by atoms with Crippen molar-refractivity contribution in [2.75, 3.05) is 7.11 Å². The molecule has 1 aliphatic carbocycles. The van der Waals surface area contributed by atoms with Crippen molar-refractivity contribution in [3.05, 3.63) is 29.8 Å². The van der Waals surface area contributed by atoms with Crippen molar-refractivity contribution in [2.24, 2.45) is 5.92 Å². The average molecular weight is 172 g/mol. The second-order valence-electron chi connectivity index (χ2n) is 3.28. The Bertz CT molecular complexity index is 353. The summed E-state index contributed by atoms with van der Waals surface area (Å²) in [7, 11) is 1.67. The Balaban J connectivity index is 2.15. The molecule has 1 aliphatic rings. The van der Waals surface area contributed by atoms with Gasteiger partial charge in [-0.25, -0.2) is 0 Å². The normalized spacial score (nSPS) is 14.5. The zero-order valence-electron chi connectivity index (χ0n) is 7.71. The molecule has 0 aromatic heterocycles. The summed E-state index contributed by atoms with van der Waals surface area (Å²) >= 11 is 0. The zero-order chi connectivity index (χ0) is 9.10. The van der Waals surface area contributed by atoms with Gasteiger partial charge >= 0.3 is 0 Å². The van der Waals surface area contributed by atoms with E-state index < -0.39 is 0 Å². The highest BCUT2D eigenvalue weighted by atomic mass is 16.5. The van der Waals surface area contributed by atoms with E-state index in [1.54, 1.807) is 7.11 Å². The SMILES string of the molecule is COc1cccc(C#CC2CC2)c1. The molecule has 0 saturated heterocycles. The molecule has 0 bridgehead atoms. The van der Waals surface area contributed by atoms with Gasteiger partial charge in [0.2, 0.25) is 0 Å². The summed E-state index contributed by atoms with van der Waals surface area (Å²) in [6, 6.07) is 7.88. The fourth-order valence-corrected chi connectivity index (χ4v) is 1.11. The highest BCUT2D eigenvalue weighted by molar-refractivity contribution is 5.40. The van der Waals surface area contributed by atoms with Crippen LogP contribution in [0.2, 0.25) is 0 Å². The Hall–Kier alpha value is -1.42. The number of benzene rings is 1. The molecule has 0 spiro atoms. The lowest BCUT2D eigenvalue weighted by molar-refractivity contribution is 0.414. The van der Waals surface area contributed by atoms with E-state index in [2.05, 4.69) is 11.8 Å². The summed E-state index contributed by atoms with van der Waals surface area (Å²) in [6.07, 6.45) is 2.55. The summed E-state index contributed by atoms with van der Waals surface area (Å²) in [5, 5.41) is 0. The van der Waals surface area contributed by atoms with Crippen LogP contribution in [0.3, 0.4) is 0 Å². The van der Waals surface area contributed by atoms with Crippen molar-refractivity contribution in [3.8, 4) is 17.6 Å². The predicted octanol–water partition coefficient (Wildman–Crippen LogP) is 2.46. The summed E-state index contributed by atoms with van der Waals surface area (Å²) in [6.45, 7) is 0. The van der Waals surface area contributed by atoms with Crippen LogP contribution < -0.4 is 4.74 Å². The molecule has 1 aromatic carbocycles. The highest BCUT2D eigenvalue weighted by Gasteiger charge is 2.17. The number of hydrogen-bond acceptors (Lipinski definition) is 1. The standard InChI is InChI=1S/C12H12O/c1-13-12-4-2-3-11(9-12)8-7-10-5-6-10/h2-4,9-10H,5-6H2,1H3. The Morgan fingerprint density at radius 3 is 2.92 bits per heavy atom. The van der Waals surface area contributed by atoms with Gasteiger partial charge in [-0.1, -0.05) is 17.9 Å². The van der Waals surface area contributed by atoms with E-state index in [1.807, 2.05) is 24.3 Å². The molecule has 1 nitrogen and oxygen atoms in total. The smallest absolute Gasteiger partial charge is 0.120 e. The maximum absolute atomic E-state index is 5.11. The minimum Gasteiger partial charge on any atom is -0.497 e. The first-order valence-corrected chi connectivity index (χ1v) is 4.54. The number of hydrogen-bond donors (Lipinski definition) is 0. The van der Waals surface area contributed by atoms with Crippen LogP contribution in [0.15, 0.2) is 24.3 Å². The van der Waals surface area contributed by atoms with Crippen LogP contribution in [-0.4, -0.2) is 7.11 Å². The third kappa shape index (κ3) is 2.26. The minimum absolute atomic E-state index is 0.659. The molecule has 0 radical (unpaired) electrons.